The van der Waals surface area contributed by atoms with E-state index >= 15 is 0 Å². The van der Waals surface area contributed by atoms with E-state index < -0.39 is 0 Å². The fourth-order valence-corrected chi connectivity index (χ4v) is 4.25. The number of fused-ring (bicyclic) bond motifs is 1. The first-order valence-electron chi connectivity index (χ1n) is 11.3. The Hall–Kier alpha value is -2.54. The molecule has 1 aromatic heterocycles. The molecule has 0 saturated carbocycles. The zero-order chi connectivity index (χ0) is 21.6. The Bertz CT molecular complexity index is 1060. The van der Waals surface area contributed by atoms with Crippen LogP contribution in [0.4, 0.5) is 0 Å². The van der Waals surface area contributed by atoms with Crippen LogP contribution in [-0.4, -0.2) is 58.1 Å². The highest BCUT2D eigenvalue weighted by Gasteiger charge is 2.26. The standard InChI is InChI=1S/C20H21N3O2.C5H11N/c24-14-19-8-11-22(19)10-7-15-3-4-17-13-18(6-5-16(17)12-15)23-20(25)2-1-9-21-23;1-5-3-2-4-6-5/h1-6,9,12-13,19,24H,7-8,10-11,14H2;5-6H,2-4H2,1H3/t19-;5-/m01/s1. The summed E-state index contributed by atoms with van der Waals surface area (Å²) in [6, 6.07) is 16.7. The van der Waals surface area contributed by atoms with Gasteiger partial charge in [-0.3, -0.25) is 9.69 Å². The molecule has 2 atom stereocenters. The summed E-state index contributed by atoms with van der Waals surface area (Å²) < 4.78 is 1.41. The molecule has 31 heavy (non-hydrogen) atoms. The highest BCUT2D eigenvalue weighted by atomic mass is 16.3. The van der Waals surface area contributed by atoms with Crippen LogP contribution >= 0.6 is 0 Å². The number of aliphatic hydroxyl groups excluding tert-OH is 1. The highest BCUT2D eigenvalue weighted by molar-refractivity contribution is 5.85. The second-order valence-electron chi connectivity index (χ2n) is 8.55. The maximum absolute atomic E-state index is 11.9. The lowest BCUT2D eigenvalue weighted by Crippen LogP contribution is -2.50. The highest BCUT2D eigenvalue weighted by Crippen LogP contribution is 2.21. The maximum Gasteiger partial charge on any atom is 0.271 e. The van der Waals surface area contributed by atoms with E-state index in [0.29, 0.717) is 6.04 Å². The van der Waals surface area contributed by atoms with Crippen molar-refractivity contribution in [3.05, 3.63) is 70.6 Å². The number of aliphatic hydroxyl groups is 1. The molecule has 6 heteroatoms. The average Bonchev–Trinajstić information content (AvgIpc) is 3.25. The molecule has 2 N–H and O–H groups in total. The summed E-state index contributed by atoms with van der Waals surface area (Å²) in [6.07, 6.45) is 6.45. The summed E-state index contributed by atoms with van der Waals surface area (Å²) in [7, 11) is 0. The summed E-state index contributed by atoms with van der Waals surface area (Å²) in [5.41, 5.74) is 1.93. The molecule has 3 heterocycles. The van der Waals surface area contributed by atoms with Crippen molar-refractivity contribution in [1.82, 2.24) is 20.0 Å². The van der Waals surface area contributed by atoms with Crippen LogP contribution in [0, 0.1) is 0 Å². The van der Waals surface area contributed by atoms with Crippen molar-refractivity contribution in [2.45, 2.75) is 44.7 Å². The fourth-order valence-electron chi connectivity index (χ4n) is 4.25. The molecule has 6 nitrogen and oxygen atoms in total. The van der Waals surface area contributed by atoms with Gasteiger partial charge in [-0.1, -0.05) is 24.3 Å². The maximum atomic E-state index is 11.9. The van der Waals surface area contributed by atoms with Crippen molar-refractivity contribution in [2.24, 2.45) is 0 Å². The zero-order valence-electron chi connectivity index (χ0n) is 18.2. The van der Waals surface area contributed by atoms with Gasteiger partial charge in [-0.15, -0.1) is 0 Å². The van der Waals surface area contributed by atoms with Gasteiger partial charge in [0.1, 0.15) is 0 Å². The third-order valence-corrected chi connectivity index (χ3v) is 6.32. The topological polar surface area (TPSA) is 70.4 Å². The first kappa shape index (κ1) is 21.7. The van der Waals surface area contributed by atoms with Crippen LogP contribution in [0.25, 0.3) is 16.5 Å². The van der Waals surface area contributed by atoms with Crippen molar-refractivity contribution in [2.75, 3.05) is 26.2 Å². The van der Waals surface area contributed by atoms with Gasteiger partial charge in [0.2, 0.25) is 0 Å². The van der Waals surface area contributed by atoms with Gasteiger partial charge >= 0.3 is 0 Å². The van der Waals surface area contributed by atoms with E-state index in [-0.39, 0.29) is 12.2 Å². The van der Waals surface area contributed by atoms with E-state index in [9.17, 15) is 9.90 Å². The minimum Gasteiger partial charge on any atom is -0.395 e. The van der Waals surface area contributed by atoms with Crippen molar-refractivity contribution < 1.29 is 5.11 Å². The van der Waals surface area contributed by atoms with Crippen molar-refractivity contribution >= 4 is 10.8 Å². The predicted octanol–water partition coefficient (Wildman–Crippen LogP) is 2.75. The molecule has 0 bridgehead atoms. The van der Waals surface area contributed by atoms with E-state index in [0.717, 1.165) is 48.4 Å². The summed E-state index contributed by atoms with van der Waals surface area (Å²) in [5, 5.41) is 19.0. The number of aromatic nitrogens is 2. The molecule has 0 amide bonds. The van der Waals surface area contributed by atoms with E-state index in [4.69, 9.17) is 0 Å². The van der Waals surface area contributed by atoms with Gasteiger partial charge in [0.15, 0.2) is 0 Å². The van der Waals surface area contributed by atoms with E-state index in [1.807, 2.05) is 18.2 Å². The number of likely N-dealkylation sites (tertiary alicyclic amines) is 1. The SMILES string of the molecule is C[C@@H]1CCCN1.O=c1cccnn1-c1ccc2cc(CCN3CC[C@H]3CO)ccc2c1. The Morgan fingerprint density at radius 3 is 2.61 bits per heavy atom. The number of rotatable bonds is 5. The fraction of sp³-hybridized carbons (Fsp3) is 0.440. The number of nitrogens with one attached hydrogen (secondary N) is 1. The van der Waals surface area contributed by atoms with Gasteiger partial charge in [-0.25, -0.2) is 0 Å². The summed E-state index contributed by atoms with van der Waals surface area (Å²) in [6.45, 7) is 5.79. The predicted molar refractivity (Wildman–Crippen MR) is 125 cm³/mol. The van der Waals surface area contributed by atoms with E-state index in [1.54, 1.807) is 12.3 Å². The second kappa shape index (κ2) is 10.2. The van der Waals surface area contributed by atoms with Gasteiger partial charge in [0, 0.05) is 37.4 Å². The van der Waals surface area contributed by atoms with E-state index in [1.165, 1.54) is 35.7 Å². The number of nitrogens with zero attached hydrogens (tertiary/aromatic N) is 3. The lowest BCUT2D eigenvalue weighted by Gasteiger charge is -2.39. The first-order valence-corrected chi connectivity index (χ1v) is 11.3. The summed E-state index contributed by atoms with van der Waals surface area (Å²) in [5.74, 6) is 0. The quantitative estimate of drug-likeness (QED) is 0.664. The minimum absolute atomic E-state index is 0.133. The van der Waals surface area contributed by atoms with Gasteiger partial charge < -0.3 is 10.4 Å². The largest absolute Gasteiger partial charge is 0.395 e. The monoisotopic (exact) mass is 420 g/mol. The molecule has 0 spiro atoms. The van der Waals surface area contributed by atoms with Gasteiger partial charge in [0.05, 0.1) is 12.3 Å². The Morgan fingerprint density at radius 1 is 1.13 bits per heavy atom. The van der Waals surface area contributed by atoms with Gasteiger partial charge in [-0.05, 0) is 73.7 Å². The molecule has 2 fully saturated rings. The average molecular weight is 421 g/mol. The minimum atomic E-state index is -0.133. The van der Waals surface area contributed by atoms with Crippen LogP contribution in [-0.2, 0) is 6.42 Å². The molecule has 2 saturated heterocycles. The van der Waals surface area contributed by atoms with Crippen LogP contribution in [0.5, 0.6) is 0 Å². The molecule has 2 aliphatic heterocycles. The van der Waals surface area contributed by atoms with Gasteiger partial charge in [0.25, 0.3) is 5.56 Å². The van der Waals surface area contributed by atoms with E-state index in [2.05, 4.69) is 40.4 Å². The van der Waals surface area contributed by atoms with Crippen molar-refractivity contribution in [1.29, 1.82) is 0 Å². The molecule has 5 rings (SSSR count). The Balaban J connectivity index is 0.000000334. The molecule has 2 aromatic carbocycles. The van der Waals surface area contributed by atoms with Crippen molar-refractivity contribution in [3.63, 3.8) is 0 Å². The van der Waals surface area contributed by atoms with Crippen LogP contribution in [0.1, 0.15) is 31.7 Å². The van der Waals surface area contributed by atoms with Gasteiger partial charge in [-0.2, -0.15) is 9.78 Å². The van der Waals surface area contributed by atoms with Crippen molar-refractivity contribution in [3.8, 4) is 5.69 Å². The Labute approximate surface area is 183 Å². The Kier molecular flexibility index (Phi) is 7.12. The zero-order valence-corrected chi connectivity index (χ0v) is 18.2. The molecule has 0 unspecified atom stereocenters. The molecule has 3 aromatic rings. The lowest BCUT2D eigenvalue weighted by molar-refractivity contribution is 0.0436. The number of hydrogen-bond donors (Lipinski definition) is 2. The molecular weight excluding hydrogens is 388 g/mol. The summed E-state index contributed by atoms with van der Waals surface area (Å²) in [4.78, 5) is 14.3. The normalized spacial score (nSPS) is 20.8. The third-order valence-electron chi connectivity index (χ3n) is 6.32. The number of hydrogen-bond acceptors (Lipinski definition) is 5. The second-order valence-corrected chi connectivity index (χ2v) is 8.55. The molecular formula is C25H32N4O2. The van der Waals surface area contributed by atoms with Crippen LogP contribution < -0.4 is 10.9 Å². The summed E-state index contributed by atoms with van der Waals surface area (Å²) >= 11 is 0. The lowest BCUT2D eigenvalue weighted by atomic mass is 10.0. The molecule has 0 aliphatic carbocycles. The van der Waals surface area contributed by atoms with Crippen LogP contribution in [0.3, 0.4) is 0 Å². The Morgan fingerprint density at radius 2 is 1.97 bits per heavy atom. The van der Waals surface area contributed by atoms with Crippen LogP contribution in [0.2, 0.25) is 0 Å². The smallest absolute Gasteiger partial charge is 0.271 e. The number of benzene rings is 2. The first-order chi connectivity index (χ1) is 15.1. The molecule has 0 radical (unpaired) electrons. The molecule has 164 valence electrons. The third kappa shape index (κ3) is 5.39. The van der Waals surface area contributed by atoms with Crippen LogP contribution in [0.15, 0.2) is 59.5 Å². The molecule has 2 aliphatic rings.